The van der Waals surface area contributed by atoms with Gasteiger partial charge in [0.05, 0.1) is 22.1 Å². The smallest absolute Gasteiger partial charge is 0.267 e. The van der Waals surface area contributed by atoms with Crippen molar-refractivity contribution in [3.8, 4) is 0 Å². The van der Waals surface area contributed by atoms with Gasteiger partial charge in [0.25, 0.3) is 5.56 Å². The van der Waals surface area contributed by atoms with Crippen molar-refractivity contribution in [2.45, 2.75) is 27.3 Å². The molecule has 0 aliphatic rings. The molecular weight excluding hydrogens is 339 g/mol. The predicted octanol–water partition coefficient (Wildman–Crippen LogP) is 2.82. The van der Waals surface area contributed by atoms with Crippen LogP contribution in [0.4, 0.5) is 0 Å². The van der Waals surface area contributed by atoms with Gasteiger partial charge in [-0.25, -0.2) is 4.98 Å². The second-order valence-electron chi connectivity index (χ2n) is 4.50. The van der Waals surface area contributed by atoms with Crippen molar-refractivity contribution in [2.24, 2.45) is 0 Å². The molecule has 0 bridgehead atoms. The normalized spacial score (nSPS) is 10.7. The molecule has 0 spiro atoms. The second-order valence-corrected chi connectivity index (χ2v) is 5.57. The Labute approximate surface area is 120 Å². The van der Waals surface area contributed by atoms with Gasteiger partial charge in [-0.3, -0.25) is 9.36 Å². The largest absolute Gasteiger partial charge is 0.294 e. The van der Waals surface area contributed by atoms with Crippen LogP contribution in [0, 0.1) is 24.3 Å². The van der Waals surface area contributed by atoms with Gasteiger partial charge in [-0.2, -0.15) is 0 Å². The third-order valence-corrected chi connectivity index (χ3v) is 4.32. The van der Waals surface area contributed by atoms with Crippen LogP contribution >= 0.6 is 22.6 Å². The lowest BCUT2D eigenvalue weighted by Gasteiger charge is -2.09. The van der Waals surface area contributed by atoms with E-state index in [0.29, 0.717) is 10.1 Å². The van der Waals surface area contributed by atoms with Gasteiger partial charge >= 0.3 is 0 Å². The zero-order valence-electron chi connectivity index (χ0n) is 10.7. The van der Waals surface area contributed by atoms with Crippen molar-refractivity contribution in [1.29, 1.82) is 0 Å². The minimum Gasteiger partial charge on any atom is -0.294 e. The van der Waals surface area contributed by atoms with Crippen molar-refractivity contribution >= 4 is 22.6 Å². The van der Waals surface area contributed by atoms with E-state index in [1.807, 2.05) is 6.92 Å². The SMILES string of the molecule is Cc1ccc(Cn2cnc(C)c(I)c2=O)cc1C. The number of halogens is 1. The standard InChI is InChI=1S/C14H15IN2O/c1-9-4-5-12(6-10(9)2)7-17-8-16-11(3)13(15)14(17)18/h4-6,8H,7H2,1-3H3. The van der Waals surface area contributed by atoms with Crippen LogP contribution in [0.1, 0.15) is 22.4 Å². The number of rotatable bonds is 2. The Morgan fingerprint density at radius 3 is 2.61 bits per heavy atom. The Hall–Kier alpha value is -1.17. The quantitative estimate of drug-likeness (QED) is 0.778. The first-order valence-corrected chi connectivity index (χ1v) is 6.84. The number of hydrogen-bond acceptors (Lipinski definition) is 2. The van der Waals surface area contributed by atoms with Crippen LogP contribution in [0.5, 0.6) is 0 Å². The summed E-state index contributed by atoms with van der Waals surface area (Å²) in [6.45, 7) is 6.59. The molecule has 0 aliphatic heterocycles. The van der Waals surface area contributed by atoms with E-state index >= 15 is 0 Å². The lowest BCUT2D eigenvalue weighted by molar-refractivity contribution is 0.723. The van der Waals surface area contributed by atoms with Gasteiger partial charge in [-0.15, -0.1) is 0 Å². The summed E-state index contributed by atoms with van der Waals surface area (Å²) in [4.78, 5) is 16.3. The molecule has 0 amide bonds. The minimum atomic E-state index is 0.0290. The first-order chi connectivity index (χ1) is 8.49. The highest BCUT2D eigenvalue weighted by molar-refractivity contribution is 14.1. The van der Waals surface area contributed by atoms with Crippen molar-refractivity contribution in [3.05, 3.63) is 60.8 Å². The number of nitrogens with zero attached hydrogens (tertiary/aromatic N) is 2. The Morgan fingerprint density at radius 1 is 1.22 bits per heavy atom. The van der Waals surface area contributed by atoms with Gasteiger partial charge < -0.3 is 0 Å². The lowest BCUT2D eigenvalue weighted by atomic mass is 10.1. The van der Waals surface area contributed by atoms with Crippen molar-refractivity contribution in [1.82, 2.24) is 9.55 Å². The first kappa shape index (κ1) is 13.3. The van der Waals surface area contributed by atoms with Gasteiger partial charge in [-0.05, 0) is 60.1 Å². The summed E-state index contributed by atoms with van der Waals surface area (Å²) in [7, 11) is 0. The maximum absolute atomic E-state index is 12.1. The molecule has 0 atom stereocenters. The Balaban J connectivity index is 2.37. The molecule has 3 nitrogen and oxygen atoms in total. The van der Waals surface area contributed by atoms with Crippen LogP contribution in [0.2, 0.25) is 0 Å². The fourth-order valence-corrected chi connectivity index (χ4v) is 2.21. The number of aryl methyl sites for hydroxylation is 3. The molecule has 2 aromatic rings. The average Bonchev–Trinajstić information content (AvgIpc) is 2.34. The molecule has 94 valence electrons. The molecule has 0 saturated heterocycles. The molecule has 0 fully saturated rings. The predicted molar refractivity (Wildman–Crippen MR) is 81.0 cm³/mol. The summed E-state index contributed by atoms with van der Waals surface area (Å²) in [5.41, 5.74) is 4.46. The van der Waals surface area contributed by atoms with Crippen molar-refractivity contribution in [3.63, 3.8) is 0 Å². The van der Waals surface area contributed by atoms with E-state index in [9.17, 15) is 4.79 Å². The van der Waals surface area contributed by atoms with Gasteiger partial charge in [0.1, 0.15) is 0 Å². The molecule has 0 radical (unpaired) electrons. The van der Waals surface area contributed by atoms with E-state index < -0.39 is 0 Å². The van der Waals surface area contributed by atoms with Gasteiger partial charge in [0.2, 0.25) is 0 Å². The van der Waals surface area contributed by atoms with Gasteiger partial charge in [0, 0.05) is 0 Å². The summed E-state index contributed by atoms with van der Waals surface area (Å²) < 4.78 is 2.35. The molecule has 0 saturated carbocycles. The molecule has 1 aromatic carbocycles. The Bertz CT molecular complexity index is 647. The number of hydrogen-bond donors (Lipinski definition) is 0. The second kappa shape index (κ2) is 5.22. The summed E-state index contributed by atoms with van der Waals surface area (Å²) in [5, 5.41) is 0. The molecule has 4 heteroatoms. The van der Waals surface area contributed by atoms with Crippen LogP contribution < -0.4 is 5.56 Å². The third-order valence-electron chi connectivity index (χ3n) is 3.08. The summed E-state index contributed by atoms with van der Waals surface area (Å²) in [6, 6.07) is 6.26. The van der Waals surface area contributed by atoms with E-state index in [0.717, 1.165) is 11.3 Å². The van der Waals surface area contributed by atoms with Crippen LogP contribution in [-0.2, 0) is 6.54 Å². The molecule has 0 N–H and O–H groups in total. The minimum absolute atomic E-state index is 0.0290. The van der Waals surface area contributed by atoms with E-state index in [1.54, 1.807) is 10.9 Å². The third kappa shape index (κ3) is 2.63. The van der Waals surface area contributed by atoms with Crippen molar-refractivity contribution < 1.29 is 0 Å². The fourth-order valence-electron chi connectivity index (χ4n) is 1.76. The fraction of sp³-hybridized carbons (Fsp3) is 0.286. The molecule has 18 heavy (non-hydrogen) atoms. The van der Waals surface area contributed by atoms with Gasteiger partial charge in [0.15, 0.2) is 0 Å². The van der Waals surface area contributed by atoms with E-state index in [1.165, 1.54) is 11.1 Å². The van der Waals surface area contributed by atoms with E-state index in [4.69, 9.17) is 0 Å². The van der Waals surface area contributed by atoms with Crippen molar-refractivity contribution in [2.75, 3.05) is 0 Å². The molecule has 1 aromatic heterocycles. The summed E-state index contributed by atoms with van der Waals surface area (Å²) >= 11 is 2.05. The molecule has 2 rings (SSSR count). The zero-order chi connectivity index (χ0) is 13.3. The maximum atomic E-state index is 12.1. The molecule has 0 unspecified atom stereocenters. The highest BCUT2D eigenvalue weighted by Gasteiger charge is 2.06. The Morgan fingerprint density at radius 2 is 1.94 bits per heavy atom. The van der Waals surface area contributed by atoms with Crippen LogP contribution in [-0.4, -0.2) is 9.55 Å². The average molecular weight is 354 g/mol. The number of aromatic nitrogens is 2. The Kier molecular flexibility index (Phi) is 3.85. The highest BCUT2D eigenvalue weighted by Crippen LogP contribution is 2.11. The summed E-state index contributed by atoms with van der Waals surface area (Å²) in [6.07, 6.45) is 1.62. The maximum Gasteiger partial charge on any atom is 0.267 e. The van der Waals surface area contributed by atoms with Gasteiger partial charge in [-0.1, -0.05) is 18.2 Å². The molecule has 0 aliphatic carbocycles. The van der Waals surface area contributed by atoms with Crippen LogP contribution in [0.15, 0.2) is 29.3 Å². The highest BCUT2D eigenvalue weighted by atomic mass is 127. The monoisotopic (exact) mass is 354 g/mol. The van der Waals surface area contributed by atoms with Crippen LogP contribution in [0.25, 0.3) is 0 Å². The lowest BCUT2D eigenvalue weighted by Crippen LogP contribution is -2.24. The first-order valence-electron chi connectivity index (χ1n) is 5.76. The molecule has 1 heterocycles. The topological polar surface area (TPSA) is 34.9 Å². The zero-order valence-corrected chi connectivity index (χ0v) is 12.9. The van der Waals surface area contributed by atoms with E-state index in [-0.39, 0.29) is 5.56 Å². The molecular formula is C14H15IN2O. The summed E-state index contributed by atoms with van der Waals surface area (Å²) in [5.74, 6) is 0. The van der Waals surface area contributed by atoms with Crippen LogP contribution in [0.3, 0.4) is 0 Å². The van der Waals surface area contributed by atoms with E-state index in [2.05, 4.69) is 59.6 Å². The number of benzene rings is 1.